The van der Waals surface area contributed by atoms with Crippen molar-refractivity contribution in [1.82, 2.24) is 0 Å². The van der Waals surface area contributed by atoms with Gasteiger partial charge in [-0.15, -0.1) is 0 Å². The molecule has 0 radical (unpaired) electrons. The van der Waals surface area contributed by atoms with Gasteiger partial charge in [0.25, 0.3) is 0 Å². The van der Waals surface area contributed by atoms with Crippen molar-refractivity contribution in [3.8, 4) is 11.5 Å². The van der Waals surface area contributed by atoms with Gasteiger partial charge >= 0.3 is 0 Å². The molecule has 0 bridgehead atoms. The normalized spacial score (nSPS) is 17.6. The van der Waals surface area contributed by atoms with Crippen LogP contribution in [0.4, 0.5) is 0 Å². The van der Waals surface area contributed by atoms with Crippen LogP contribution in [0.2, 0.25) is 0 Å². The second-order valence-corrected chi connectivity index (χ2v) is 4.87. The summed E-state index contributed by atoms with van der Waals surface area (Å²) in [4.78, 5) is 4.64. The number of aliphatic imine (C=N–C) groups is 1. The summed E-state index contributed by atoms with van der Waals surface area (Å²) in [5.41, 5.74) is 3.13. The van der Waals surface area contributed by atoms with E-state index in [0.29, 0.717) is 5.75 Å². The number of hydrogen-bond donors (Lipinski definition) is 1. The molecule has 2 rings (SSSR count). The molecule has 3 heteroatoms. The molecule has 1 heterocycles. The van der Waals surface area contributed by atoms with Gasteiger partial charge < -0.3 is 9.84 Å². The first-order valence-electron chi connectivity index (χ1n) is 5.40. The van der Waals surface area contributed by atoms with Gasteiger partial charge in [0.2, 0.25) is 0 Å². The molecular formula is C13H17NO2. The van der Waals surface area contributed by atoms with E-state index >= 15 is 0 Å². The van der Waals surface area contributed by atoms with Crippen LogP contribution in [0.1, 0.15) is 31.9 Å². The molecule has 1 aliphatic heterocycles. The number of fused-ring (bicyclic) bond motifs is 1. The number of rotatable bonds is 1. The molecule has 1 N–H and O–H groups in total. The lowest BCUT2D eigenvalue weighted by atomic mass is 9.87. The fourth-order valence-corrected chi connectivity index (χ4v) is 2.28. The molecule has 0 atom stereocenters. The fourth-order valence-electron chi connectivity index (χ4n) is 2.28. The SMILES string of the molecule is COc1cc2c(cc1O)CC(C)(C)N=C2C. The largest absolute Gasteiger partial charge is 0.504 e. The number of hydrogen-bond acceptors (Lipinski definition) is 3. The Morgan fingerprint density at radius 1 is 1.38 bits per heavy atom. The molecule has 1 aromatic rings. The van der Waals surface area contributed by atoms with Crippen molar-refractivity contribution in [2.45, 2.75) is 32.7 Å². The summed E-state index contributed by atoms with van der Waals surface area (Å²) in [5, 5.41) is 9.76. The summed E-state index contributed by atoms with van der Waals surface area (Å²) in [5.74, 6) is 0.708. The van der Waals surface area contributed by atoms with Gasteiger partial charge in [0.1, 0.15) is 0 Å². The van der Waals surface area contributed by atoms with E-state index in [4.69, 9.17) is 4.74 Å². The van der Waals surface area contributed by atoms with Gasteiger partial charge in [-0.3, -0.25) is 4.99 Å². The average molecular weight is 219 g/mol. The van der Waals surface area contributed by atoms with Gasteiger partial charge in [-0.05, 0) is 44.9 Å². The summed E-state index contributed by atoms with van der Waals surface area (Å²) in [7, 11) is 1.56. The van der Waals surface area contributed by atoms with Crippen molar-refractivity contribution >= 4 is 5.71 Å². The van der Waals surface area contributed by atoms with Gasteiger partial charge in [0.05, 0.1) is 12.6 Å². The smallest absolute Gasteiger partial charge is 0.161 e. The van der Waals surface area contributed by atoms with E-state index in [0.717, 1.165) is 23.3 Å². The Balaban J connectivity index is 2.58. The van der Waals surface area contributed by atoms with E-state index in [1.54, 1.807) is 13.2 Å². The van der Waals surface area contributed by atoms with E-state index in [9.17, 15) is 5.11 Å². The van der Waals surface area contributed by atoms with Crippen LogP contribution < -0.4 is 4.74 Å². The molecule has 0 aromatic heterocycles. The number of aromatic hydroxyl groups is 1. The first-order chi connectivity index (χ1) is 7.43. The summed E-state index contributed by atoms with van der Waals surface area (Å²) in [6.45, 7) is 6.19. The van der Waals surface area contributed by atoms with Crippen LogP contribution in [0.5, 0.6) is 11.5 Å². The maximum Gasteiger partial charge on any atom is 0.161 e. The van der Waals surface area contributed by atoms with Crippen LogP contribution in [-0.2, 0) is 6.42 Å². The summed E-state index contributed by atoms with van der Waals surface area (Å²) in [6.07, 6.45) is 0.844. The van der Waals surface area contributed by atoms with E-state index in [1.165, 1.54) is 0 Å². The minimum atomic E-state index is -0.0852. The third kappa shape index (κ3) is 1.77. The van der Waals surface area contributed by atoms with Crippen molar-refractivity contribution in [1.29, 1.82) is 0 Å². The van der Waals surface area contributed by atoms with E-state index < -0.39 is 0 Å². The van der Waals surface area contributed by atoms with E-state index in [1.807, 2.05) is 13.0 Å². The maximum atomic E-state index is 9.76. The molecule has 0 saturated heterocycles. The number of benzene rings is 1. The van der Waals surface area contributed by atoms with E-state index in [2.05, 4.69) is 18.8 Å². The van der Waals surface area contributed by atoms with Crippen molar-refractivity contribution in [3.05, 3.63) is 23.3 Å². The Morgan fingerprint density at radius 3 is 2.69 bits per heavy atom. The summed E-state index contributed by atoms with van der Waals surface area (Å²) < 4.78 is 5.11. The molecule has 1 aromatic carbocycles. The highest BCUT2D eigenvalue weighted by molar-refractivity contribution is 6.01. The van der Waals surface area contributed by atoms with Crippen molar-refractivity contribution < 1.29 is 9.84 Å². The highest BCUT2D eigenvalue weighted by atomic mass is 16.5. The van der Waals surface area contributed by atoms with Gasteiger partial charge in [0, 0.05) is 11.3 Å². The Kier molecular flexibility index (Phi) is 2.41. The van der Waals surface area contributed by atoms with Crippen molar-refractivity contribution in [3.63, 3.8) is 0 Å². The molecule has 16 heavy (non-hydrogen) atoms. The minimum absolute atomic E-state index is 0.0852. The molecule has 0 amide bonds. The Bertz CT molecular complexity index is 461. The molecule has 86 valence electrons. The van der Waals surface area contributed by atoms with Gasteiger partial charge in [-0.25, -0.2) is 0 Å². The minimum Gasteiger partial charge on any atom is -0.504 e. The lowest BCUT2D eigenvalue weighted by Crippen LogP contribution is -2.27. The van der Waals surface area contributed by atoms with Crippen LogP contribution in [0, 0.1) is 0 Å². The summed E-state index contributed by atoms with van der Waals surface area (Å²) >= 11 is 0. The zero-order valence-electron chi connectivity index (χ0n) is 10.2. The Labute approximate surface area is 95.8 Å². The number of nitrogens with zero attached hydrogens (tertiary/aromatic N) is 1. The van der Waals surface area contributed by atoms with Crippen LogP contribution in [0.15, 0.2) is 17.1 Å². The lowest BCUT2D eigenvalue weighted by Gasteiger charge is -2.28. The number of ether oxygens (including phenoxy) is 1. The third-order valence-electron chi connectivity index (χ3n) is 2.89. The predicted octanol–water partition coefficient (Wildman–Crippen LogP) is 2.54. The zero-order valence-corrected chi connectivity index (χ0v) is 10.2. The first-order valence-corrected chi connectivity index (χ1v) is 5.40. The molecule has 0 fully saturated rings. The lowest BCUT2D eigenvalue weighted by molar-refractivity contribution is 0.372. The number of methoxy groups -OCH3 is 1. The highest BCUT2D eigenvalue weighted by Crippen LogP contribution is 2.35. The quantitative estimate of drug-likeness (QED) is 0.788. The number of phenols is 1. The second-order valence-electron chi connectivity index (χ2n) is 4.87. The van der Waals surface area contributed by atoms with Crippen LogP contribution in [0.3, 0.4) is 0 Å². The molecule has 0 spiro atoms. The van der Waals surface area contributed by atoms with Gasteiger partial charge in [-0.2, -0.15) is 0 Å². The zero-order chi connectivity index (χ0) is 11.9. The topological polar surface area (TPSA) is 41.8 Å². The van der Waals surface area contributed by atoms with Gasteiger partial charge in [0.15, 0.2) is 11.5 Å². The highest BCUT2D eigenvalue weighted by Gasteiger charge is 2.26. The average Bonchev–Trinajstić information content (AvgIpc) is 2.14. The molecular weight excluding hydrogens is 202 g/mol. The maximum absolute atomic E-state index is 9.76. The van der Waals surface area contributed by atoms with Crippen molar-refractivity contribution in [2.24, 2.45) is 4.99 Å². The molecule has 0 unspecified atom stereocenters. The molecule has 1 aliphatic rings. The standard InChI is InChI=1S/C13H17NO2/c1-8-10-6-12(16-4)11(15)5-9(10)7-13(2,3)14-8/h5-6,15H,7H2,1-4H3. The fraction of sp³-hybridized carbons (Fsp3) is 0.462. The summed E-state index contributed by atoms with van der Waals surface area (Å²) in [6, 6.07) is 3.65. The molecule has 0 aliphatic carbocycles. The number of phenolic OH excluding ortho intramolecular Hbond substituents is 1. The monoisotopic (exact) mass is 219 g/mol. The predicted molar refractivity (Wildman–Crippen MR) is 64.7 cm³/mol. The Morgan fingerprint density at radius 2 is 2.06 bits per heavy atom. The third-order valence-corrected chi connectivity index (χ3v) is 2.89. The van der Waals surface area contributed by atoms with Crippen LogP contribution >= 0.6 is 0 Å². The van der Waals surface area contributed by atoms with Crippen LogP contribution in [-0.4, -0.2) is 23.5 Å². The first kappa shape index (κ1) is 11.0. The van der Waals surface area contributed by atoms with Crippen LogP contribution in [0.25, 0.3) is 0 Å². The van der Waals surface area contributed by atoms with E-state index in [-0.39, 0.29) is 11.3 Å². The Hall–Kier alpha value is -1.51. The molecule has 0 saturated carbocycles. The second kappa shape index (κ2) is 3.51. The van der Waals surface area contributed by atoms with Gasteiger partial charge in [-0.1, -0.05) is 0 Å². The molecule has 3 nitrogen and oxygen atoms in total. The van der Waals surface area contributed by atoms with Crippen molar-refractivity contribution in [2.75, 3.05) is 7.11 Å².